The van der Waals surface area contributed by atoms with Crippen molar-refractivity contribution in [2.75, 3.05) is 22.1 Å². The van der Waals surface area contributed by atoms with Gasteiger partial charge in [0.1, 0.15) is 6.54 Å². The summed E-state index contributed by atoms with van der Waals surface area (Å²) in [6.45, 7) is 4.02. The first kappa shape index (κ1) is 19.8. The minimum Gasteiger partial charge on any atom is -0.326 e. The molecule has 0 aromatic heterocycles. The van der Waals surface area contributed by atoms with Crippen molar-refractivity contribution in [1.29, 1.82) is 0 Å². The number of hydrogen-bond acceptors (Lipinski definition) is 4. The molecule has 0 saturated heterocycles. The summed E-state index contributed by atoms with van der Waals surface area (Å²) >= 11 is 0. The van der Waals surface area contributed by atoms with Crippen LogP contribution in [0.3, 0.4) is 0 Å². The molecule has 0 bridgehead atoms. The van der Waals surface area contributed by atoms with Gasteiger partial charge in [0.05, 0.1) is 0 Å². The molecule has 2 N–H and O–H groups in total. The monoisotopic (exact) mass is 367 g/mol. The van der Waals surface area contributed by atoms with Crippen LogP contribution in [0.15, 0.2) is 48.5 Å². The van der Waals surface area contributed by atoms with E-state index in [2.05, 4.69) is 10.6 Å². The van der Waals surface area contributed by atoms with Crippen LogP contribution >= 0.6 is 0 Å². The maximum absolute atomic E-state index is 12.3. The normalized spacial score (nSPS) is 10.0. The van der Waals surface area contributed by atoms with Gasteiger partial charge in [0.15, 0.2) is 5.78 Å². The SMILES string of the molecule is CC(=O)Nc1ccc(NC(=O)CN(C(C)=O)c2cccc(C(C)=O)c2)cc1. The lowest BCUT2D eigenvalue weighted by Gasteiger charge is -2.21. The Kier molecular flexibility index (Phi) is 6.43. The maximum atomic E-state index is 12.3. The molecule has 0 unspecified atom stereocenters. The summed E-state index contributed by atoms with van der Waals surface area (Å²) in [6, 6.07) is 13.2. The van der Waals surface area contributed by atoms with Crippen molar-refractivity contribution in [3.63, 3.8) is 0 Å². The van der Waals surface area contributed by atoms with Gasteiger partial charge in [0.25, 0.3) is 0 Å². The van der Waals surface area contributed by atoms with Crippen molar-refractivity contribution in [3.05, 3.63) is 54.1 Å². The number of nitrogens with zero attached hydrogens (tertiary/aromatic N) is 1. The minimum atomic E-state index is -0.384. The van der Waals surface area contributed by atoms with E-state index in [9.17, 15) is 19.2 Å². The van der Waals surface area contributed by atoms with E-state index in [-0.39, 0.29) is 30.0 Å². The molecule has 0 atom stereocenters. The summed E-state index contributed by atoms with van der Waals surface area (Å²) < 4.78 is 0. The Morgan fingerprint density at radius 2 is 1.44 bits per heavy atom. The number of anilines is 3. The number of amides is 3. The van der Waals surface area contributed by atoms with Crippen LogP contribution in [0, 0.1) is 0 Å². The van der Waals surface area contributed by atoms with Crippen LogP contribution < -0.4 is 15.5 Å². The molecule has 27 heavy (non-hydrogen) atoms. The van der Waals surface area contributed by atoms with Crippen LogP contribution in [-0.2, 0) is 14.4 Å². The highest BCUT2D eigenvalue weighted by molar-refractivity contribution is 6.03. The standard InChI is InChI=1S/C20H21N3O4/c1-13(24)16-5-4-6-19(11-16)23(15(3)26)12-20(27)22-18-9-7-17(8-10-18)21-14(2)25/h4-11H,12H2,1-3H3,(H,21,25)(H,22,27). The van der Waals surface area contributed by atoms with Gasteiger partial charge in [-0.1, -0.05) is 12.1 Å². The average molecular weight is 367 g/mol. The highest BCUT2D eigenvalue weighted by Crippen LogP contribution is 2.18. The van der Waals surface area contributed by atoms with Crippen LogP contribution in [0.25, 0.3) is 0 Å². The molecule has 0 aliphatic rings. The summed E-state index contributed by atoms with van der Waals surface area (Å²) in [5.41, 5.74) is 2.10. The molecule has 0 aliphatic carbocycles. The van der Waals surface area contributed by atoms with Crippen LogP contribution in [-0.4, -0.2) is 30.0 Å². The quantitative estimate of drug-likeness (QED) is 0.768. The van der Waals surface area contributed by atoms with E-state index >= 15 is 0 Å². The summed E-state index contributed by atoms with van der Waals surface area (Å²) in [5, 5.41) is 5.34. The van der Waals surface area contributed by atoms with Crippen molar-refractivity contribution < 1.29 is 19.2 Å². The van der Waals surface area contributed by atoms with Gasteiger partial charge >= 0.3 is 0 Å². The molecule has 0 radical (unpaired) electrons. The second-order valence-corrected chi connectivity index (χ2v) is 6.02. The molecule has 0 saturated carbocycles. The lowest BCUT2D eigenvalue weighted by molar-refractivity contribution is -0.120. The van der Waals surface area contributed by atoms with Crippen LogP contribution in [0.5, 0.6) is 0 Å². The van der Waals surface area contributed by atoms with E-state index in [1.807, 2.05) is 0 Å². The van der Waals surface area contributed by atoms with Crippen molar-refractivity contribution in [2.24, 2.45) is 0 Å². The smallest absolute Gasteiger partial charge is 0.244 e. The average Bonchev–Trinajstić information content (AvgIpc) is 2.60. The Hall–Kier alpha value is -3.48. The minimum absolute atomic E-state index is 0.121. The van der Waals surface area contributed by atoms with Gasteiger partial charge in [-0.2, -0.15) is 0 Å². The van der Waals surface area contributed by atoms with Crippen LogP contribution in [0.4, 0.5) is 17.1 Å². The molecule has 7 nitrogen and oxygen atoms in total. The molecule has 2 rings (SSSR count). The van der Waals surface area contributed by atoms with Gasteiger partial charge in [0, 0.05) is 36.5 Å². The highest BCUT2D eigenvalue weighted by Gasteiger charge is 2.17. The Balaban J connectivity index is 2.09. The third kappa shape index (κ3) is 5.78. The molecule has 2 aromatic carbocycles. The van der Waals surface area contributed by atoms with Crippen LogP contribution in [0.2, 0.25) is 0 Å². The Morgan fingerprint density at radius 3 is 1.96 bits per heavy atom. The number of Topliss-reactive ketones (excluding diaryl/α,β-unsaturated/α-hetero) is 1. The molecule has 0 spiro atoms. The third-order valence-electron chi connectivity index (χ3n) is 3.74. The topological polar surface area (TPSA) is 95.6 Å². The zero-order valence-corrected chi connectivity index (χ0v) is 15.4. The highest BCUT2D eigenvalue weighted by atomic mass is 16.2. The zero-order valence-electron chi connectivity index (χ0n) is 15.4. The van der Waals surface area contributed by atoms with Gasteiger partial charge in [-0.05, 0) is 43.3 Å². The lowest BCUT2D eigenvalue weighted by atomic mass is 10.1. The Morgan fingerprint density at radius 1 is 0.852 bits per heavy atom. The largest absolute Gasteiger partial charge is 0.326 e. The fourth-order valence-electron chi connectivity index (χ4n) is 2.46. The van der Waals surface area contributed by atoms with Gasteiger partial charge in [0.2, 0.25) is 17.7 Å². The van der Waals surface area contributed by atoms with Crippen molar-refractivity contribution in [1.82, 2.24) is 0 Å². The van der Waals surface area contributed by atoms with E-state index in [0.29, 0.717) is 22.6 Å². The summed E-state index contributed by atoms with van der Waals surface area (Å²) in [5.74, 6) is -1.00. The summed E-state index contributed by atoms with van der Waals surface area (Å²) in [4.78, 5) is 48.2. The first-order valence-electron chi connectivity index (χ1n) is 8.33. The molecule has 3 amide bonds. The first-order chi connectivity index (χ1) is 12.8. The number of rotatable bonds is 6. The molecular formula is C20H21N3O4. The number of benzene rings is 2. The number of ketones is 1. The fraction of sp³-hybridized carbons (Fsp3) is 0.200. The Labute approximate surface area is 157 Å². The maximum Gasteiger partial charge on any atom is 0.244 e. The number of nitrogens with one attached hydrogen (secondary N) is 2. The molecule has 0 aliphatic heterocycles. The van der Waals surface area contributed by atoms with E-state index < -0.39 is 0 Å². The number of carbonyl (C=O) groups is 4. The second-order valence-electron chi connectivity index (χ2n) is 6.02. The second kappa shape index (κ2) is 8.75. The first-order valence-corrected chi connectivity index (χ1v) is 8.33. The predicted molar refractivity (Wildman–Crippen MR) is 104 cm³/mol. The van der Waals surface area contributed by atoms with Crippen LogP contribution in [0.1, 0.15) is 31.1 Å². The molecular weight excluding hydrogens is 346 g/mol. The molecule has 0 fully saturated rings. The number of hydrogen-bond donors (Lipinski definition) is 2. The van der Waals surface area contributed by atoms with Gasteiger partial charge in [-0.25, -0.2) is 0 Å². The number of carbonyl (C=O) groups excluding carboxylic acids is 4. The fourth-order valence-corrected chi connectivity index (χ4v) is 2.46. The van der Waals surface area contributed by atoms with Crippen molar-refractivity contribution in [2.45, 2.75) is 20.8 Å². The van der Waals surface area contributed by atoms with Gasteiger partial charge < -0.3 is 15.5 Å². The third-order valence-corrected chi connectivity index (χ3v) is 3.74. The van der Waals surface area contributed by atoms with Crippen molar-refractivity contribution >= 4 is 40.6 Å². The van der Waals surface area contributed by atoms with Gasteiger partial charge in [-0.15, -0.1) is 0 Å². The Bertz CT molecular complexity index is 875. The van der Waals surface area contributed by atoms with E-state index in [1.54, 1.807) is 48.5 Å². The molecule has 140 valence electrons. The summed E-state index contributed by atoms with van der Waals surface area (Å²) in [6.07, 6.45) is 0. The van der Waals surface area contributed by atoms with E-state index in [0.717, 1.165) is 0 Å². The van der Waals surface area contributed by atoms with Crippen molar-refractivity contribution in [3.8, 4) is 0 Å². The molecule has 2 aromatic rings. The molecule has 7 heteroatoms. The zero-order chi connectivity index (χ0) is 20.0. The van der Waals surface area contributed by atoms with E-state index in [4.69, 9.17) is 0 Å². The van der Waals surface area contributed by atoms with Gasteiger partial charge in [-0.3, -0.25) is 19.2 Å². The summed E-state index contributed by atoms with van der Waals surface area (Å²) in [7, 11) is 0. The van der Waals surface area contributed by atoms with E-state index in [1.165, 1.54) is 25.7 Å². The molecule has 0 heterocycles. The predicted octanol–water partition coefficient (Wildman–Crippen LogP) is 2.84. The lowest BCUT2D eigenvalue weighted by Crippen LogP contribution is -2.36.